The molecule has 0 aliphatic heterocycles. The molecule has 41 heavy (non-hydrogen) atoms. The van der Waals surface area contributed by atoms with E-state index in [0.717, 1.165) is 67.8 Å². The van der Waals surface area contributed by atoms with Gasteiger partial charge in [0.15, 0.2) is 0 Å². The first kappa shape index (κ1) is 24.5. The van der Waals surface area contributed by atoms with Crippen molar-refractivity contribution in [1.82, 2.24) is 24.1 Å². The van der Waals surface area contributed by atoms with E-state index in [-0.39, 0.29) is 0 Å². The highest BCUT2D eigenvalue weighted by atomic mass is 16.5. The zero-order chi connectivity index (χ0) is 27.8. The van der Waals surface area contributed by atoms with Gasteiger partial charge in [-0.3, -0.25) is 9.13 Å². The summed E-state index contributed by atoms with van der Waals surface area (Å²) in [6.07, 6.45) is 5.59. The number of H-pyrrole nitrogens is 1. The lowest BCUT2D eigenvalue weighted by Crippen LogP contribution is -2.03. The summed E-state index contributed by atoms with van der Waals surface area (Å²) in [5.74, 6) is 3.30. The highest BCUT2D eigenvalue weighted by molar-refractivity contribution is 6.01. The van der Waals surface area contributed by atoms with Gasteiger partial charge in [-0.05, 0) is 66.7 Å². The van der Waals surface area contributed by atoms with Gasteiger partial charge in [-0.15, -0.1) is 0 Å². The molecular formula is C34H27N5O2. The van der Waals surface area contributed by atoms with Crippen LogP contribution in [-0.4, -0.2) is 38.3 Å². The fourth-order valence-corrected chi connectivity index (χ4v) is 5.34. The highest BCUT2D eigenvalue weighted by Crippen LogP contribution is 2.41. The summed E-state index contributed by atoms with van der Waals surface area (Å²) in [4.78, 5) is 13.4. The van der Waals surface area contributed by atoms with Gasteiger partial charge in [0.1, 0.15) is 29.5 Å². The fourth-order valence-electron chi connectivity index (χ4n) is 5.34. The number of hydrogen-bond donors (Lipinski definition) is 1. The smallest absolute Gasteiger partial charge is 0.142 e. The number of hydrogen-bond acceptors (Lipinski definition) is 4. The maximum absolute atomic E-state index is 5.42. The Kier molecular flexibility index (Phi) is 6.09. The van der Waals surface area contributed by atoms with Gasteiger partial charge < -0.3 is 14.5 Å². The number of methoxy groups -OCH3 is 2. The van der Waals surface area contributed by atoms with Gasteiger partial charge in [-0.1, -0.05) is 36.4 Å². The minimum Gasteiger partial charge on any atom is -0.497 e. The average molecular weight is 538 g/mol. The maximum Gasteiger partial charge on any atom is 0.142 e. The number of nitrogens with zero attached hydrogens (tertiary/aromatic N) is 4. The van der Waals surface area contributed by atoms with Crippen molar-refractivity contribution >= 4 is 10.9 Å². The lowest BCUT2D eigenvalue weighted by molar-refractivity contribution is 0.414. The summed E-state index contributed by atoms with van der Waals surface area (Å²) in [5, 5.41) is 1.08. The van der Waals surface area contributed by atoms with Crippen LogP contribution in [0.5, 0.6) is 11.5 Å². The molecule has 0 bridgehead atoms. The van der Waals surface area contributed by atoms with E-state index in [0.29, 0.717) is 0 Å². The summed E-state index contributed by atoms with van der Waals surface area (Å²) >= 11 is 0. The molecule has 0 spiro atoms. The SMILES string of the molecule is COc1ccc(-c2nc(-c3c(-n4ccnc4)n(-c4ccccc4)c4ccccc34)[nH]c2-c2ccc(OC)cc2)cc1. The van der Waals surface area contributed by atoms with Crippen LogP contribution in [0.25, 0.3) is 56.3 Å². The molecule has 0 amide bonds. The molecule has 0 aliphatic carbocycles. The molecule has 7 nitrogen and oxygen atoms in total. The third-order valence-corrected chi connectivity index (χ3v) is 7.30. The van der Waals surface area contributed by atoms with Crippen LogP contribution in [0.1, 0.15) is 0 Å². The van der Waals surface area contributed by atoms with Crippen LogP contribution in [0, 0.1) is 0 Å². The van der Waals surface area contributed by atoms with E-state index >= 15 is 0 Å². The number of ether oxygens (including phenoxy) is 2. The van der Waals surface area contributed by atoms with Crippen molar-refractivity contribution in [1.29, 1.82) is 0 Å². The molecule has 7 heteroatoms. The van der Waals surface area contributed by atoms with E-state index in [1.165, 1.54) is 0 Å². The third-order valence-electron chi connectivity index (χ3n) is 7.30. The molecular weight excluding hydrogens is 510 g/mol. The summed E-state index contributed by atoms with van der Waals surface area (Å²) in [5.41, 5.74) is 6.86. The van der Waals surface area contributed by atoms with Gasteiger partial charge in [0.05, 0.1) is 36.7 Å². The second kappa shape index (κ2) is 10.2. The first-order chi connectivity index (χ1) is 20.2. The second-order valence-electron chi connectivity index (χ2n) is 9.62. The van der Waals surface area contributed by atoms with Gasteiger partial charge in [0.2, 0.25) is 0 Å². The van der Waals surface area contributed by atoms with Crippen LogP contribution < -0.4 is 9.47 Å². The largest absolute Gasteiger partial charge is 0.497 e. The molecule has 1 N–H and O–H groups in total. The molecule has 0 unspecified atom stereocenters. The molecule has 0 fully saturated rings. The van der Waals surface area contributed by atoms with Crippen molar-refractivity contribution in [2.45, 2.75) is 0 Å². The molecule has 3 aromatic heterocycles. The molecule has 0 radical (unpaired) electrons. The Bertz CT molecular complexity index is 1870. The van der Waals surface area contributed by atoms with Gasteiger partial charge in [-0.25, -0.2) is 9.97 Å². The van der Waals surface area contributed by atoms with E-state index in [4.69, 9.17) is 14.5 Å². The second-order valence-corrected chi connectivity index (χ2v) is 9.62. The predicted molar refractivity (Wildman–Crippen MR) is 162 cm³/mol. The van der Waals surface area contributed by atoms with E-state index < -0.39 is 0 Å². The number of aromatic amines is 1. The van der Waals surface area contributed by atoms with Gasteiger partial charge in [0.25, 0.3) is 0 Å². The molecule has 0 saturated heterocycles. The Morgan fingerprint density at radius 3 is 2.02 bits per heavy atom. The summed E-state index contributed by atoms with van der Waals surface area (Å²) in [7, 11) is 3.34. The molecule has 200 valence electrons. The van der Waals surface area contributed by atoms with E-state index in [2.05, 4.69) is 63.1 Å². The number of para-hydroxylation sites is 2. The molecule has 4 aromatic carbocycles. The summed E-state index contributed by atoms with van der Waals surface area (Å²) in [6.45, 7) is 0. The zero-order valence-electron chi connectivity index (χ0n) is 22.7. The first-order valence-corrected chi connectivity index (χ1v) is 13.3. The van der Waals surface area contributed by atoms with Crippen molar-refractivity contribution < 1.29 is 9.47 Å². The quantitative estimate of drug-likeness (QED) is 0.228. The van der Waals surface area contributed by atoms with Crippen LogP contribution in [0.3, 0.4) is 0 Å². The Morgan fingerprint density at radius 1 is 0.707 bits per heavy atom. The lowest BCUT2D eigenvalue weighted by atomic mass is 10.0. The topological polar surface area (TPSA) is 69.9 Å². The number of aromatic nitrogens is 5. The number of benzene rings is 4. The van der Waals surface area contributed by atoms with E-state index in [9.17, 15) is 0 Å². The molecule has 0 saturated carbocycles. The standard InChI is InChI=1S/C34H27N5O2/c1-40-26-16-12-23(13-17-26)31-32(24-14-18-27(41-2)19-15-24)37-33(36-31)30-28-10-6-7-11-29(28)39(25-8-4-3-5-9-25)34(30)38-21-20-35-22-38/h3-22H,1-2H3,(H,36,37). The Morgan fingerprint density at radius 2 is 1.37 bits per heavy atom. The third kappa shape index (κ3) is 4.24. The lowest BCUT2D eigenvalue weighted by Gasteiger charge is -2.12. The Balaban J connectivity index is 1.53. The van der Waals surface area contributed by atoms with Crippen LogP contribution in [0.15, 0.2) is 122 Å². The number of imidazole rings is 2. The molecule has 7 aromatic rings. The van der Waals surface area contributed by atoms with Gasteiger partial charge in [0, 0.05) is 34.6 Å². The van der Waals surface area contributed by atoms with Crippen molar-refractivity contribution in [3.05, 3.63) is 122 Å². The molecule has 0 atom stereocenters. The van der Waals surface area contributed by atoms with Crippen molar-refractivity contribution in [3.63, 3.8) is 0 Å². The number of nitrogens with one attached hydrogen (secondary N) is 1. The monoisotopic (exact) mass is 537 g/mol. The Labute approximate surface area is 237 Å². The predicted octanol–water partition coefficient (Wildman–Crippen LogP) is 7.56. The summed E-state index contributed by atoms with van der Waals surface area (Å²) in [6, 6.07) is 34.8. The molecule has 0 aliphatic rings. The van der Waals surface area contributed by atoms with Gasteiger partial charge in [-0.2, -0.15) is 0 Å². The van der Waals surface area contributed by atoms with Crippen LogP contribution >= 0.6 is 0 Å². The van der Waals surface area contributed by atoms with E-state index in [1.807, 2.05) is 71.7 Å². The van der Waals surface area contributed by atoms with E-state index in [1.54, 1.807) is 20.4 Å². The van der Waals surface area contributed by atoms with Crippen LogP contribution in [0.2, 0.25) is 0 Å². The first-order valence-electron chi connectivity index (χ1n) is 13.3. The van der Waals surface area contributed by atoms with Crippen LogP contribution in [0.4, 0.5) is 0 Å². The minimum absolute atomic E-state index is 0.760. The average Bonchev–Trinajstić information content (AvgIpc) is 3.79. The van der Waals surface area contributed by atoms with Crippen molar-refractivity contribution in [2.24, 2.45) is 0 Å². The Hall–Kier alpha value is -5.56. The fraction of sp³-hybridized carbons (Fsp3) is 0.0588. The summed E-state index contributed by atoms with van der Waals surface area (Å²) < 4.78 is 15.1. The van der Waals surface area contributed by atoms with Gasteiger partial charge >= 0.3 is 0 Å². The maximum atomic E-state index is 5.42. The normalized spacial score (nSPS) is 11.2. The van der Waals surface area contributed by atoms with Crippen LogP contribution in [-0.2, 0) is 0 Å². The van der Waals surface area contributed by atoms with Crippen molar-refractivity contribution in [2.75, 3.05) is 14.2 Å². The zero-order valence-corrected chi connectivity index (χ0v) is 22.7. The highest BCUT2D eigenvalue weighted by Gasteiger charge is 2.25. The number of fused-ring (bicyclic) bond motifs is 1. The molecule has 7 rings (SSSR count). The minimum atomic E-state index is 0.760. The van der Waals surface area contributed by atoms with Crippen molar-refractivity contribution in [3.8, 4) is 56.9 Å². The number of rotatable bonds is 7. The molecule has 3 heterocycles.